The topological polar surface area (TPSA) is 110 Å². The van der Waals surface area contributed by atoms with Crippen LogP contribution in [-0.2, 0) is 13.0 Å². The molecule has 0 amide bonds. The van der Waals surface area contributed by atoms with Crippen LogP contribution >= 0.6 is 0 Å². The lowest BCUT2D eigenvalue weighted by atomic mass is 10.1. The second kappa shape index (κ2) is 13.8. The van der Waals surface area contributed by atoms with Crippen molar-refractivity contribution in [2.45, 2.75) is 32.7 Å². The maximum Gasteiger partial charge on any atom is 0.193 e. The van der Waals surface area contributed by atoms with E-state index in [-0.39, 0.29) is 10.9 Å². The minimum atomic E-state index is -0.0952. The van der Waals surface area contributed by atoms with E-state index in [4.69, 9.17) is 18.3 Å². The highest BCUT2D eigenvalue weighted by Gasteiger charge is 2.10. The third-order valence-electron chi connectivity index (χ3n) is 8.05. The standard InChI is InChI=1S/C39H33N3O6/c1-26-10-17-36-33(21-26)35(44)24-38(47-36)28-11-13-30(14-12-28)45-19-6-5-9-29-25-42(41-40-29)18-20-46-31-15-16-32-34(43)23-37(48-39(32)22-31)27-7-3-2-4-8-27/h2-4,7-8,10-17,21-25H,5-6,9,18-20H2,1H3. The maximum absolute atomic E-state index is 12.6. The van der Waals surface area contributed by atoms with Crippen molar-refractivity contribution in [2.24, 2.45) is 0 Å². The van der Waals surface area contributed by atoms with E-state index >= 15 is 0 Å². The van der Waals surface area contributed by atoms with Crippen LogP contribution in [0.25, 0.3) is 44.6 Å². The van der Waals surface area contributed by atoms with E-state index in [2.05, 4.69) is 10.3 Å². The molecule has 0 aliphatic carbocycles. The van der Waals surface area contributed by atoms with Gasteiger partial charge in [-0.2, -0.15) is 0 Å². The molecule has 0 saturated carbocycles. The largest absolute Gasteiger partial charge is 0.494 e. The van der Waals surface area contributed by atoms with Crippen molar-refractivity contribution in [3.8, 4) is 34.1 Å². The number of ether oxygens (including phenoxy) is 2. The normalized spacial score (nSPS) is 11.3. The summed E-state index contributed by atoms with van der Waals surface area (Å²) < 4.78 is 25.6. The lowest BCUT2D eigenvalue weighted by Gasteiger charge is -2.08. The molecule has 0 aliphatic heterocycles. The van der Waals surface area contributed by atoms with Crippen molar-refractivity contribution in [3.05, 3.63) is 141 Å². The van der Waals surface area contributed by atoms with Gasteiger partial charge >= 0.3 is 0 Å². The van der Waals surface area contributed by atoms with Gasteiger partial charge in [0.05, 0.1) is 29.6 Å². The van der Waals surface area contributed by atoms with Crippen LogP contribution in [0.15, 0.2) is 128 Å². The Labute approximate surface area is 276 Å². The number of nitrogens with zero attached hydrogens (tertiary/aromatic N) is 3. The van der Waals surface area contributed by atoms with Gasteiger partial charge in [0.2, 0.25) is 0 Å². The highest BCUT2D eigenvalue weighted by Crippen LogP contribution is 2.26. The first-order valence-corrected chi connectivity index (χ1v) is 15.9. The van der Waals surface area contributed by atoms with E-state index in [1.807, 2.05) is 85.9 Å². The van der Waals surface area contributed by atoms with Gasteiger partial charge in [0.15, 0.2) is 10.9 Å². The lowest BCUT2D eigenvalue weighted by Crippen LogP contribution is -2.09. The van der Waals surface area contributed by atoms with Crippen LogP contribution in [0.1, 0.15) is 24.1 Å². The van der Waals surface area contributed by atoms with Crippen LogP contribution in [-0.4, -0.2) is 28.2 Å². The highest BCUT2D eigenvalue weighted by molar-refractivity contribution is 5.80. The minimum Gasteiger partial charge on any atom is -0.494 e. The van der Waals surface area contributed by atoms with Crippen molar-refractivity contribution in [2.75, 3.05) is 13.2 Å². The number of unbranched alkanes of at least 4 members (excludes halogenated alkanes) is 1. The Morgan fingerprint density at radius 2 is 1.38 bits per heavy atom. The third-order valence-corrected chi connectivity index (χ3v) is 8.05. The summed E-state index contributed by atoms with van der Waals surface area (Å²) in [5.41, 5.74) is 4.50. The van der Waals surface area contributed by atoms with Crippen LogP contribution in [0.2, 0.25) is 0 Å². The van der Waals surface area contributed by atoms with Crippen LogP contribution < -0.4 is 20.3 Å². The van der Waals surface area contributed by atoms with Gasteiger partial charge in [0.25, 0.3) is 0 Å². The number of aromatic nitrogens is 3. The summed E-state index contributed by atoms with van der Waals surface area (Å²) in [6.45, 7) is 3.44. The molecule has 48 heavy (non-hydrogen) atoms. The van der Waals surface area contributed by atoms with E-state index < -0.39 is 0 Å². The summed E-state index contributed by atoms with van der Waals surface area (Å²) >= 11 is 0. The minimum absolute atomic E-state index is 0.0556. The molecule has 7 aromatic rings. The van der Waals surface area contributed by atoms with Crippen LogP contribution in [0.4, 0.5) is 0 Å². The fourth-order valence-electron chi connectivity index (χ4n) is 5.52. The van der Waals surface area contributed by atoms with Crippen molar-refractivity contribution < 1.29 is 18.3 Å². The van der Waals surface area contributed by atoms with Gasteiger partial charge < -0.3 is 18.3 Å². The zero-order valence-corrected chi connectivity index (χ0v) is 26.4. The van der Waals surface area contributed by atoms with E-state index in [9.17, 15) is 9.59 Å². The summed E-state index contributed by atoms with van der Waals surface area (Å²) in [5.74, 6) is 2.42. The van der Waals surface area contributed by atoms with Gasteiger partial charge in [-0.1, -0.05) is 47.2 Å². The van der Waals surface area contributed by atoms with Gasteiger partial charge in [-0.15, -0.1) is 5.10 Å². The number of aryl methyl sites for hydroxylation is 2. The molecule has 9 nitrogen and oxygen atoms in total. The number of benzene rings is 4. The summed E-state index contributed by atoms with van der Waals surface area (Å²) in [6, 6.07) is 31.0. The van der Waals surface area contributed by atoms with Gasteiger partial charge in [-0.25, -0.2) is 4.68 Å². The molecule has 4 aromatic carbocycles. The zero-order chi connectivity index (χ0) is 32.9. The maximum atomic E-state index is 12.6. The molecule has 0 bridgehead atoms. The van der Waals surface area contributed by atoms with E-state index in [1.54, 1.807) is 22.9 Å². The smallest absolute Gasteiger partial charge is 0.193 e. The molecule has 0 aliphatic rings. The van der Waals surface area contributed by atoms with Crippen LogP contribution in [0.3, 0.4) is 0 Å². The van der Waals surface area contributed by atoms with Gasteiger partial charge in [-0.3, -0.25) is 9.59 Å². The first-order valence-electron chi connectivity index (χ1n) is 15.9. The Morgan fingerprint density at radius 1 is 0.667 bits per heavy atom. The molecule has 3 aromatic heterocycles. The van der Waals surface area contributed by atoms with Gasteiger partial charge in [-0.05, 0) is 74.7 Å². The Bertz CT molecular complexity index is 2310. The fourth-order valence-corrected chi connectivity index (χ4v) is 5.52. The quantitative estimate of drug-likeness (QED) is 0.126. The molecule has 0 radical (unpaired) electrons. The van der Waals surface area contributed by atoms with Gasteiger partial charge in [0.1, 0.15) is 40.8 Å². The predicted molar refractivity (Wildman–Crippen MR) is 185 cm³/mol. The molecule has 3 heterocycles. The van der Waals surface area contributed by atoms with Crippen molar-refractivity contribution in [3.63, 3.8) is 0 Å². The summed E-state index contributed by atoms with van der Waals surface area (Å²) in [5, 5.41) is 9.61. The molecule has 0 saturated heterocycles. The van der Waals surface area contributed by atoms with Crippen molar-refractivity contribution >= 4 is 21.9 Å². The van der Waals surface area contributed by atoms with E-state index in [1.165, 1.54) is 12.1 Å². The number of hydrogen-bond donors (Lipinski definition) is 0. The fraction of sp³-hybridized carbons (Fsp3) is 0.179. The molecular formula is C39H33N3O6. The van der Waals surface area contributed by atoms with Gasteiger partial charge in [0, 0.05) is 35.5 Å². The van der Waals surface area contributed by atoms with Crippen molar-refractivity contribution in [1.29, 1.82) is 0 Å². The Kier molecular flexibility index (Phi) is 8.82. The lowest BCUT2D eigenvalue weighted by molar-refractivity contribution is 0.289. The monoisotopic (exact) mass is 639 g/mol. The molecule has 0 atom stereocenters. The summed E-state index contributed by atoms with van der Waals surface area (Å²) in [7, 11) is 0. The summed E-state index contributed by atoms with van der Waals surface area (Å²) in [6.07, 6.45) is 4.49. The van der Waals surface area contributed by atoms with Crippen molar-refractivity contribution in [1.82, 2.24) is 15.0 Å². The first kappa shape index (κ1) is 30.7. The second-order valence-electron chi connectivity index (χ2n) is 11.6. The summed E-state index contributed by atoms with van der Waals surface area (Å²) in [4.78, 5) is 25.2. The Balaban J connectivity index is 0.855. The molecular weight excluding hydrogens is 606 g/mol. The van der Waals surface area contributed by atoms with E-state index in [0.29, 0.717) is 59.0 Å². The zero-order valence-electron chi connectivity index (χ0n) is 26.4. The average molecular weight is 640 g/mol. The molecule has 0 N–H and O–H groups in total. The second-order valence-corrected chi connectivity index (χ2v) is 11.6. The SMILES string of the molecule is Cc1ccc2oc(-c3ccc(OCCCCc4cn(CCOc5ccc6c(=O)cc(-c7ccccc7)oc6c5)nn4)cc3)cc(=O)c2c1. The first-order chi connectivity index (χ1) is 23.5. The van der Waals surface area contributed by atoms with Crippen LogP contribution in [0.5, 0.6) is 11.5 Å². The Morgan fingerprint density at radius 3 is 2.19 bits per heavy atom. The predicted octanol–water partition coefficient (Wildman–Crippen LogP) is 7.61. The number of fused-ring (bicyclic) bond motifs is 2. The molecule has 9 heteroatoms. The molecule has 0 spiro atoms. The Hall–Kier alpha value is -5.96. The third kappa shape index (κ3) is 7.05. The molecule has 240 valence electrons. The number of hydrogen-bond acceptors (Lipinski definition) is 8. The van der Waals surface area contributed by atoms with Crippen LogP contribution in [0, 0.1) is 6.92 Å². The molecule has 0 unspecified atom stereocenters. The highest BCUT2D eigenvalue weighted by atomic mass is 16.5. The molecule has 0 fully saturated rings. The molecule has 7 rings (SSSR count). The van der Waals surface area contributed by atoms with E-state index in [0.717, 1.165) is 47.4 Å². The average Bonchev–Trinajstić information content (AvgIpc) is 3.56. The number of rotatable bonds is 12.